The summed E-state index contributed by atoms with van der Waals surface area (Å²) in [5, 5.41) is 4.29. The lowest BCUT2D eigenvalue weighted by Gasteiger charge is -2.06. The number of rotatable bonds is 5. The van der Waals surface area contributed by atoms with Gasteiger partial charge in [-0.05, 0) is 48.9 Å². The summed E-state index contributed by atoms with van der Waals surface area (Å²) in [5.41, 5.74) is 2.07. The number of aromatic nitrogens is 2. The Balaban J connectivity index is 1.42. The van der Waals surface area contributed by atoms with Crippen LogP contribution in [0, 0.1) is 0 Å². The van der Waals surface area contributed by atoms with Crippen molar-refractivity contribution < 1.29 is 4.79 Å². The molecule has 0 radical (unpaired) electrons. The molecule has 28 heavy (non-hydrogen) atoms. The molecule has 0 spiro atoms. The zero-order valence-corrected chi connectivity index (χ0v) is 17.1. The maximum Gasteiger partial charge on any atom is 0.259 e. The van der Waals surface area contributed by atoms with Gasteiger partial charge in [0.1, 0.15) is 10.7 Å². The first kappa shape index (κ1) is 19.2. The van der Waals surface area contributed by atoms with Gasteiger partial charge in [0, 0.05) is 29.3 Å². The number of fused-ring (bicyclic) bond motifs is 3. The molecule has 5 nitrogen and oxygen atoms in total. The van der Waals surface area contributed by atoms with E-state index in [1.807, 2.05) is 18.2 Å². The molecular weight excluding hydrogens is 394 g/mol. The topological polar surface area (TPSA) is 74.8 Å². The standard InChI is InChI=1S/C21H22ClN3O2S/c22-14-6-4-5-13(11-14)12-23-18(26)10-9-17-24-20(27)19-15-7-2-1-3-8-16(15)28-21(19)25-17/h4-6,11H,1-3,7-10,12H2,(H,23,26)(H,24,25,27). The van der Waals surface area contributed by atoms with Crippen molar-refractivity contribution in [3.05, 3.63) is 61.5 Å². The van der Waals surface area contributed by atoms with E-state index in [-0.39, 0.29) is 17.9 Å². The Morgan fingerprint density at radius 1 is 1.25 bits per heavy atom. The normalized spacial score (nSPS) is 13.9. The van der Waals surface area contributed by atoms with Crippen molar-refractivity contribution in [3.63, 3.8) is 0 Å². The van der Waals surface area contributed by atoms with E-state index >= 15 is 0 Å². The second kappa shape index (κ2) is 8.45. The molecule has 0 unspecified atom stereocenters. The minimum absolute atomic E-state index is 0.0706. The van der Waals surface area contributed by atoms with Gasteiger partial charge >= 0.3 is 0 Å². The molecule has 146 valence electrons. The van der Waals surface area contributed by atoms with E-state index in [0.29, 0.717) is 23.8 Å². The summed E-state index contributed by atoms with van der Waals surface area (Å²) in [6.07, 6.45) is 6.22. The van der Waals surface area contributed by atoms with Gasteiger partial charge in [0.2, 0.25) is 5.91 Å². The number of carbonyl (C=O) groups is 1. The van der Waals surface area contributed by atoms with Crippen LogP contribution in [0.1, 0.15) is 47.5 Å². The Bertz CT molecular complexity index is 1070. The fourth-order valence-electron chi connectivity index (χ4n) is 3.67. The molecule has 0 aliphatic heterocycles. The quantitative estimate of drug-likeness (QED) is 0.614. The number of aromatic amines is 1. The second-order valence-electron chi connectivity index (χ2n) is 7.16. The van der Waals surface area contributed by atoms with Gasteiger partial charge < -0.3 is 10.3 Å². The van der Waals surface area contributed by atoms with Crippen molar-refractivity contribution in [2.75, 3.05) is 0 Å². The molecule has 1 aliphatic rings. The summed E-state index contributed by atoms with van der Waals surface area (Å²) in [7, 11) is 0. The van der Waals surface area contributed by atoms with Crippen molar-refractivity contribution in [1.82, 2.24) is 15.3 Å². The molecule has 0 saturated carbocycles. The molecule has 3 aromatic rings. The van der Waals surface area contributed by atoms with Crippen LogP contribution in [0.2, 0.25) is 5.02 Å². The molecule has 0 fully saturated rings. The highest BCUT2D eigenvalue weighted by Gasteiger charge is 2.19. The average molecular weight is 416 g/mol. The van der Waals surface area contributed by atoms with Crippen LogP contribution >= 0.6 is 22.9 Å². The summed E-state index contributed by atoms with van der Waals surface area (Å²) in [4.78, 5) is 34.4. The molecule has 2 N–H and O–H groups in total. The number of carbonyl (C=O) groups excluding carboxylic acids is 1. The first-order valence-electron chi connectivity index (χ1n) is 9.65. The SMILES string of the molecule is O=C(CCc1nc2sc3c(c2c(=O)[nH]1)CCCCC3)NCc1cccc(Cl)c1. The minimum atomic E-state index is -0.0790. The summed E-state index contributed by atoms with van der Waals surface area (Å²) in [6.45, 7) is 0.431. The van der Waals surface area contributed by atoms with Crippen LogP contribution in [0.3, 0.4) is 0 Å². The van der Waals surface area contributed by atoms with Gasteiger partial charge in [0.25, 0.3) is 5.56 Å². The van der Waals surface area contributed by atoms with Crippen molar-refractivity contribution in [2.24, 2.45) is 0 Å². The highest BCUT2D eigenvalue weighted by atomic mass is 35.5. The third kappa shape index (κ3) is 4.28. The Kier molecular flexibility index (Phi) is 5.78. The average Bonchev–Trinajstić information content (AvgIpc) is 2.87. The zero-order chi connectivity index (χ0) is 19.5. The molecule has 2 aromatic heterocycles. The van der Waals surface area contributed by atoms with Gasteiger partial charge in [-0.2, -0.15) is 0 Å². The smallest absolute Gasteiger partial charge is 0.259 e. The molecule has 0 bridgehead atoms. The molecular formula is C21H22ClN3O2S. The maximum atomic E-state index is 12.6. The predicted octanol–water partition coefficient (Wildman–Crippen LogP) is 4.16. The lowest BCUT2D eigenvalue weighted by Crippen LogP contribution is -2.23. The Morgan fingerprint density at radius 2 is 2.11 bits per heavy atom. The molecule has 4 rings (SSSR count). The number of halogens is 1. The monoisotopic (exact) mass is 415 g/mol. The van der Waals surface area contributed by atoms with Crippen molar-refractivity contribution in [2.45, 2.75) is 51.5 Å². The number of H-pyrrole nitrogens is 1. The minimum Gasteiger partial charge on any atom is -0.352 e. The first-order valence-corrected chi connectivity index (χ1v) is 10.8. The number of amides is 1. The van der Waals surface area contributed by atoms with E-state index in [9.17, 15) is 9.59 Å². The van der Waals surface area contributed by atoms with E-state index in [1.54, 1.807) is 17.4 Å². The highest BCUT2D eigenvalue weighted by molar-refractivity contribution is 7.18. The van der Waals surface area contributed by atoms with Crippen LogP contribution < -0.4 is 10.9 Å². The fourth-order valence-corrected chi connectivity index (χ4v) is 5.17. The van der Waals surface area contributed by atoms with Gasteiger partial charge in [-0.15, -0.1) is 11.3 Å². The molecule has 7 heteroatoms. The number of hydrogen-bond donors (Lipinski definition) is 2. The molecule has 0 atom stereocenters. The van der Waals surface area contributed by atoms with Crippen LogP contribution in [-0.2, 0) is 30.6 Å². The number of thiophene rings is 1. The molecule has 1 aliphatic carbocycles. The van der Waals surface area contributed by atoms with Gasteiger partial charge in [-0.1, -0.05) is 30.2 Å². The van der Waals surface area contributed by atoms with Crippen LogP contribution in [0.25, 0.3) is 10.2 Å². The van der Waals surface area contributed by atoms with Crippen LogP contribution in [0.15, 0.2) is 29.1 Å². The zero-order valence-electron chi connectivity index (χ0n) is 15.5. The van der Waals surface area contributed by atoms with Gasteiger partial charge in [0.15, 0.2) is 0 Å². The second-order valence-corrected chi connectivity index (χ2v) is 8.68. The Labute approximate surface area is 172 Å². The molecule has 2 heterocycles. The number of aryl methyl sites for hydroxylation is 3. The van der Waals surface area contributed by atoms with Crippen LogP contribution in [0.5, 0.6) is 0 Å². The molecule has 0 saturated heterocycles. The third-order valence-corrected chi connectivity index (χ3v) is 6.51. The molecule has 1 aromatic carbocycles. The van der Waals surface area contributed by atoms with Gasteiger partial charge in [0.05, 0.1) is 5.39 Å². The first-order chi connectivity index (χ1) is 13.6. The third-order valence-electron chi connectivity index (χ3n) is 5.09. The Morgan fingerprint density at radius 3 is 2.96 bits per heavy atom. The summed E-state index contributed by atoms with van der Waals surface area (Å²) < 4.78 is 0. The highest BCUT2D eigenvalue weighted by Crippen LogP contribution is 2.32. The van der Waals surface area contributed by atoms with Crippen molar-refractivity contribution in [3.8, 4) is 0 Å². The van der Waals surface area contributed by atoms with E-state index in [2.05, 4.69) is 15.3 Å². The summed E-state index contributed by atoms with van der Waals surface area (Å²) in [6, 6.07) is 7.40. The lowest BCUT2D eigenvalue weighted by atomic mass is 10.1. The number of nitrogens with one attached hydrogen (secondary N) is 2. The van der Waals surface area contributed by atoms with Crippen LogP contribution in [-0.4, -0.2) is 15.9 Å². The van der Waals surface area contributed by atoms with E-state index < -0.39 is 0 Å². The van der Waals surface area contributed by atoms with E-state index in [0.717, 1.165) is 35.0 Å². The largest absolute Gasteiger partial charge is 0.352 e. The van der Waals surface area contributed by atoms with E-state index in [4.69, 9.17) is 11.6 Å². The fraction of sp³-hybridized carbons (Fsp3) is 0.381. The lowest BCUT2D eigenvalue weighted by molar-refractivity contribution is -0.121. The maximum absolute atomic E-state index is 12.6. The number of benzene rings is 1. The Hall–Kier alpha value is -2.18. The number of nitrogens with zero attached hydrogens (tertiary/aromatic N) is 1. The van der Waals surface area contributed by atoms with Crippen molar-refractivity contribution in [1.29, 1.82) is 0 Å². The van der Waals surface area contributed by atoms with Gasteiger partial charge in [-0.25, -0.2) is 4.98 Å². The molecule has 1 amide bonds. The number of hydrogen-bond acceptors (Lipinski definition) is 4. The summed E-state index contributed by atoms with van der Waals surface area (Å²) in [5.74, 6) is 0.497. The van der Waals surface area contributed by atoms with Crippen molar-refractivity contribution >= 4 is 39.1 Å². The van der Waals surface area contributed by atoms with Crippen LogP contribution in [0.4, 0.5) is 0 Å². The summed E-state index contributed by atoms with van der Waals surface area (Å²) >= 11 is 7.60. The predicted molar refractivity (Wildman–Crippen MR) is 113 cm³/mol. The van der Waals surface area contributed by atoms with Gasteiger partial charge in [-0.3, -0.25) is 9.59 Å². The van der Waals surface area contributed by atoms with E-state index in [1.165, 1.54) is 23.3 Å².